The maximum absolute atomic E-state index is 6.00. The first kappa shape index (κ1) is 22.4. The molecule has 0 aliphatic heterocycles. The Morgan fingerprint density at radius 1 is 1.08 bits per heavy atom. The minimum absolute atomic E-state index is 0.0562. The minimum Gasteiger partial charge on any atom is -0.374 e. The molecule has 0 bridgehead atoms. The van der Waals surface area contributed by atoms with Crippen molar-refractivity contribution in [2.24, 2.45) is 5.41 Å². The second-order valence-electron chi connectivity index (χ2n) is 7.67. The summed E-state index contributed by atoms with van der Waals surface area (Å²) in [5.74, 6) is 0. The SMILES string of the molecule is CCOC(CC(OCC)/C(C)=C/CC1=C(C)CCCC1(C)C)OCC. The van der Waals surface area contributed by atoms with Gasteiger partial charge in [0.05, 0.1) is 6.10 Å². The van der Waals surface area contributed by atoms with Crippen LogP contribution in [0.25, 0.3) is 0 Å². The molecule has 0 fully saturated rings. The normalized spacial score (nSPS) is 19.6. The summed E-state index contributed by atoms with van der Waals surface area (Å²) in [5.41, 5.74) is 4.79. The lowest BCUT2D eigenvalue weighted by Crippen LogP contribution is -2.27. The fourth-order valence-electron chi connectivity index (χ4n) is 3.84. The van der Waals surface area contributed by atoms with E-state index in [0.717, 1.165) is 12.8 Å². The lowest BCUT2D eigenvalue weighted by atomic mass is 9.71. The van der Waals surface area contributed by atoms with E-state index >= 15 is 0 Å². The van der Waals surface area contributed by atoms with Crippen molar-refractivity contribution in [3.05, 3.63) is 22.8 Å². The zero-order chi connectivity index (χ0) is 18.9. The summed E-state index contributed by atoms with van der Waals surface area (Å²) in [6.45, 7) is 17.3. The third-order valence-electron chi connectivity index (χ3n) is 5.30. The van der Waals surface area contributed by atoms with Gasteiger partial charge in [-0.1, -0.05) is 31.1 Å². The molecular formula is C22H40O3. The van der Waals surface area contributed by atoms with E-state index in [1.807, 2.05) is 20.8 Å². The number of allylic oxidation sites excluding steroid dienone is 3. The first-order valence-corrected chi connectivity index (χ1v) is 10.1. The van der Waals surface area contributed by atoms with Gasteiger partial charge in [-0.15, -0.1) is 0 Å². The Kier molecular flexibility index (Phi) is 9.99. The van der Waals surface area contributed by atoms with E-state index in [2.05, 4.69) is 33.8 Å². The van der Waals surface area contributed by atoms with Gasteiger partial charge in [0.2, 0.25) is 0 Å². The first-order valence-electron chi connectivity index (χ1n) is 10.1. The van der Waals surface area contributed by atoms with Crippen LogP contribution in [-0.2, 0) is 14.2 Å². The molecule has 3 heteroatoms. The van der Waals surface area contributed by atoms with E-state index < -0.39 is 0 Å². The molecule has 25 heavy (non-hydrogen) atoms. The molecule has 0 radical (unpaired) electrons. The van der Waals surface area contributed by atoms with Crippen molar-refractivity contribution in [1.29, 1.82) is 0 Å². The van der Waals surface area contributed by atoms with Gasteiger partial charge >= 0.3 is 0 Å². The van der Waals surface area contributed by atoms with Gasteiger partial charge in [-0.05, 0) is 71.3 Å². The summed E-state index contributed by atoms with van der Waals surface area (Å²) < 4.78 is 17.4. The van der Waals surface area contributed by atoms with Crippen molar-refractivity contribution in [2.45, 2.75) is 93.0 Å². The molecule has 0 aromatic heterocycles. The van der Waals surface area contributed by atoms with Crippen molar-refractivity contribution < 1.29 is 14.2 Å². The molecule has 1 atom stereocenters. The van der Waals surface area contributed by atoms with Gasteiger partial charge in [0.25, 0.3) is 0 Å². The van der Waals surface area contributed by atoms with Crippen LogP contribution in [0.15, 0.2) is 22.8 Å². The average molecular weight is 353 g/mol. The molecule has 1 aliphatic rings. The van der Waals surface area contributed by atoms with Crippen LogP contribution in [0.3, 0.4) is 0 Å². The van der Waals surface area contributed by atoms with Gasteiger partial charge in [-0.3, -0.25) is 0 Å². The van der Waals surface area contributed by atoms with Crippen LogP contribution in [0.1, 0.15) is 80.6 Å². The van der Waals surface area contributed by atoms with Gasteiger partial charge in [0.1, 0.15) is 0 Å². The molecule has 0 heterocycles. The Morgan fingerprint density at radius 3 is 2.20 bits per heavy atom. The molecule has 0 N–H and O–H groups in total. The van der Waals surface area contributed by atoms with Crippen LogP contribution in [0.4, 0.5) is 0 Å². The Labute approximate surface area is 155 Å². The third kappa shape index (κ3) is 7.24. The lowest BCUT2D eigenvalue weighted by molar-refractivity contribution is -0.153. The van der Waals surface area contributed by atoms with Crippen molar-refractivity contribution in [2.75, 3.05) is 19.8 Å². The van der Waals surface area contributed by atoms with Gasteiger partial charge in [0, 0.05) is 26.2 Å². The van der Waals surface area contributed by atoms with Crippen LogP contribution in [-0.4, -0.2) is 32.2 Å². The van der Waals surface area contributed by atoms with Crippen LogP contribution in [0, 0.1) is 5.41 Å². The van der Waals surface area contributed by atoms with E-state index in [1.54, 1.807) is 11.1 Å². The van der Waals surface area contributed by atoms with Crippen molar-refractivity contribution in [3.8, 4) is 0 Å². The smallest absolute Gasteiger partial charge is 0.160 e. The largest absolute Gasteiger partial charge is 0.374 e. The van der Waals surface area contributed by atoms with Gasteiger partial charge < -0.3 is 14.2 Å². The molecule has 146 valence electrons. The van der Waals surface area contributed by atoms with E-state index in [1.165, 1.54) is 24.8 Å². The molecule has 0 aromatic rings. The molecule has 0 saturated carbocycles. The highest BCUT2D eigenvalue weighted by atomic mass is 16.7. The van der Waals surface area contributed by atoms with Crippen LogP contribution in [0.5, 0.6) is 0 Å². The maximum Gasteiger partial charge on any atom is 0.160 e. The van der Waals surface area contributed by atoms with E-state index in [-0.39, 0.29) is 12.4 Å². The molecule has 3 nitrogen and oxygen atoms in total. The van der Waals surface area contributed by atoms with Crippen LogP contribution < -0.4 is 0 Å². The molecule has 1 aliphatic carbocycles. The van der Waals surface area contributed by atoms with Gasteiger partial charge in [-0.2, -0.15) is 0 Å². The Bertz CT molecular complexity index is 442. The predicted molar refractivity (Wildman–Crippen MR) is 106 cm³/mol. The zero-order valence-electron chi connectivity index (χ0n) is 17.6. The topological polar surface area (TPSA) is 27.7 Å². The molecule has 0 amide bonds. The first-order chi connectivity index (χ1) is 11.9. The fourth-order valence-corrected chi connectivity index (χ4v) is 3.84. The van der Waals surface area contributed by atoms with E-state index in [9.17, 15) is 0 Å². The van der Waals surface area contributed by atoms with Gasteiger partial charge in [0.15, 0.2) is 6.29 Å². The quantitative estimate of drug-likeness (QED) is 0.335. The summed E-state index contributed by atoms with van der Waals surface area (Å²) >= 11 is 0. The second kappa shape index (κ2) is 11.2. The summed E-state index contributed by atoms with van der Waals surface area (Å²) in [6.07, 6.45) is 7.86. The monoisotopic (exact) mass is 352 g/mol. The van der Waals surface area contributed by atoms with Crippen LogP contribution >= 0.6 is 0 Å². The second-order valence-corrected chi connectivity index (χ2v) is 7.67. The summed E-state index contributed by atoms with van der Waals surface area (Å²) in [4.78, 5) is 0. The summed E-state index contributed by atoms with van der Waals surface area (Å²) in [6, 6.07) is 0. The van der Waals surface area contributed by atoms with Crippen molar-refractivity contribution in [3.63, 3.8) is 0 Å². The Morgan fingerprint density at radius 2 is 1.68 bits per heavy atom. The Hall–Kier alpha value is -0.640. The predicted octanol–water partition coefficient (Wildman–Crippen LogP) is 6.04. The highest BCUT2D eigenvalue weighted by Gasteiger charge is 2.27. The maximum atomic E-state index is 6.00. The van der Waals surface area contributed by atoms with Crippen molar-refractivity contribution in [1.82, 2.24) is 0 Å². The third-order valence-corrected chi connectivity index (χ3v) is 5.30. The van der Waals surface area contributed by atoms with E-state index in [0.29, 0.717) is 25.2 Å². The number of ether oxygens (including phenoxy) is 3. The summed E-state index contributed by atoms with van der Waals surface area (Å²) in [7, 11) is 0. The molecule has 0 spiro atoms. The molecule has 0 saturated heterocycles. The van der Waals surface area contributed by atoms with Crippen LogP contribution in [0.2, 0.25) is 0 Å². The average Bonchev–Trinajstić information content (AvgIpc) is 2.53. The highest BCUT2D eigenvalue weighted by Crippen LogP contribution is 2.42. The number of hydrogen-bond donors (Lipinski definition) is 0. The molecule has 0 aromatic carbocycles. The minimum atomic E-state index is -0.193. The standard InChI is InChI=1S/C22H40O3/c1-8-23-20(16-21(24-9-2)25-10-3)18(5)13-14-19-17(4)12-11-15-22(19,6)7/h13,20-21H,8-12,14-16H2,1-7H3/b18-13+. The number of rotatable bonds is 11. The lowest BCUT2D eigenvalue weighted by Gasteiger charge is -2.34. The molecule has 1 rings (SSSR count). The molecular weight excluding hydrogens is 312 g/mol. The number of hydrogen-bond acceptors (Lipinski definition) is 3. The summed E-state index contributed by atoms with van der Waals surface area (Å²) in [5, 5.41) is 0. The zero-order valence-corrected chi connectivity index (χ0v) is 17.6. The fraction of sp³-hybridized carbons (Fsp3) is 0.818. The van der Waals surface area contributed by atoms with E-state index in [4.69, 9.17) is 14.2 Å². The highest BCUT2D eigenvalue weighted by molar-refractivity contribution is 5.26. The molecule has 1 unspecified atom stereocenters. The van der Waals surface area contributed by atoms with Gasteiger partial charge in [-0.25, -0.2) is 0 Å². The van der Waals surface area contributed by atoms with Crippen molar-refractivity contribution >= 4 is 0 Å². The Balaban J connectivity index is 2.83.